The molecule has 18 heavy (non-hydrogen) atoms. The van der Waals surface area contributed by atoms with Crippen molar-refractivity contribution in [2.75, 3.05) is 0 Å². The van der Waals surface area contributed by atoms with Gasteiger partial charge < -0.3 is 10.3 Å². The third kappa shape index (κ3) is 1.42. The maximum absolute atomic E-state index is 12.3. The number of hydroxylamine groups is 4. The molecule has 1 radical (unpaired) electrons. The van der Waals surface area contributed by atoms with Crippen molar-refractivity contribution in [3.8, 4) is 0 Å². The van der Waals surface area contributed by atoms with Crippen molar-refractivity contribution in [3.05, 3.63) is 46.1 Å². The third-order valence-electron chi connectivity index (χ3n) is 3.95. The van der Waals surface area contributed by atoms with Crippen LogP contribution in [0.25, 0.3) is 0 Å². The fraction of sp³-hybridized carbons (Fsp3) is 0.500. The van der Waals surface area contributed by atoms with E-state index in [9.17, 15) is 15.3 Å². The van der Waals surface area contributed by atoms with Gasteiger partial charge in [0.1, 0.15) is 5.70 Å². The molecule has 0 N–H and O–H groups in total. The van der Waals surface area contributed by atoms with Crippen LogP contribution in [0.1, 0.15) is 27.7 Å². The Balaban J connectivity index is 2.61. The lowest BCUT2D eigenvalue weighted by Gasteiger charge is -2.28. The predicted octanol–water partition coefficient (Wildman–Crippen LogP) is 2.04. The largest absolute Gasteiger partial charge is 0.754 e. The fourth-order valence-corrected chi connectivity index (χ4v) is 1.92. The molecule has 0 unspecified atom stereocenters. The van der Waals surface area contributed by atoms with Gasteiger partial charge in [-0.1, -0.05) is 16.0 Å². The van der Waals surface area contributed by atoms with Gasteiger partial charge in [-0.25, -0.2) is 0 Å². The second-order valence-corrected chi connectivity index (χ2v) is 5.44. The summed E-state index contributed by atoms with van der Waals surface area (Å²) in [6, 6.07) is 0. The van der Waals surface area contributed by atoms with Crippen LogP contribution in [0.4, 0.5) is 0 Å². The van der Waals surface area contributed by atoms with Crippen molar-refractivity contribution < 1.29 is 9.97 Å². The molecule has 0 atom stereocenters. The molecule has 0 aromatic heterocycles. The van der Waals surface area contributed by atoms with Gasteiger partial charge in [0, 0.05) is 5.21 Å². The van der Waals surface area contributed by atoms with Gasteiger partial charge in [-0.3, -0.25) is 0 Å². The number of nitroso groups, excluding NO2 is 1. The molecule has 2 rings (SSSR count). The van der Waals surface area contributed by atoms with E-state index in [2.05, 4.69) is 0 Å². The highest BCUT2D eigenvalue weighted by Crippen LogP contribution is 2.43. The molecule has 97 valence electrons. The van der Waals surface area contributed by atoms with Crippen LogP contribution in [-0.4, -0.2) is 26.0 Å². The highest BCUT2D eigenvalue weighted by atomic mass is 16.5. The summed E-state index contributed by atoms with van der Waals surface area (Å²) < 4.78 is 0.629. The Kier molecular flexibility index (Phi) is 2.60. The molecule has 0 spiro atoms. The smallest absolute Gasteiger partial charge is 0.372 e. The van der Waals surface area contributed by atoms with Crippen LogP contribution in [0.15, 0.2) is 35.9 Å². The standard InChI is InChI=1S/C12H16N3O3/c1-11(2)12(3,4)15(18)10(14(11)17)9-7-5-6-8-13(9)16/h5-8H,1-4H3. The van der Waals surface area contributed by atoms with Crippen LogP contribution in [0.2, 0.25) is 0 Å². The quantitative estimate of drug-likeness (QED) is 0.617. The zero-order valence-corrected chi connectivity index (χ0v) is 10.9. The Bertz CT molecular complexity index is 489. The van der Waals surface area contributed by atoms with Crippen LogP contribution in [0.5, 0.6) is 0 Å². The first-order chi connectivity index (χ1) is 8.21. The molecule has 1 fully saturated rings. The zero-order valence-electron chi connectivity index (χ0n) is 10.9. The monoisotopic (exact) mass is 250 g/mol. The Morgan fingerprint density at radius 2 is 1.83 bits per heavy atom. The van der Waals surface area contributed by atoms with E-state index >= 15 is 0 Å². The van der Waals surface area contributed by atoms with Crippen molar-refractivity contribution in [3.63, 3.8) is 0 Å². The molecule has 0 aromatic carbocycles. The summed E-state index contributed by atoms with van der Waals surface area (Å²) in [7, 11) is 0. The Morgan fingerprint density at radius 1 is 1.22 bits per heavy atom. The summed E-state index contributed by atoms with van der Waals surface area (Å²) in [5.74, 6) is -0.138. The molecule has 2 aliphatic heterocycles. The second kappa shape index (κ2) is 3.66. The first-order valence-electron chi connectivity index (χ1n) is 5.71. The summed E-state index contributed by atoms with van der Waals surface area (Å²) in [6.07, 6.45) is 5.90. The lowest BCUT2D eigenvalue weighted by Crippen LogP contribution is -2.50. The summed E-state index contributed by atoms with van der Waals surface area (Å²) in [5, 5.41) is 25.1. The van der Waals surface area contributed by atoms with Crippen LogP contribution >= 0.6 is 0 Å². The van der Waals surface area contributed by atoms with E-state index in [0.717, 1.165) is 0 Å². The lowest BCUT2D eigenvalue weighted by molar-refractivity contribution is -0.569. The minimum Gasteiger partial charge on any atom is -0.754 e. The number of rotatable bonds is 0. The maximum Gasteiger partial charge on any atom is 0.372 e. The molecule has 6 heteroatoms. The normalized spacial score (nSPS) is 29.3. The lowest BCUT2D eigenvalue weighted by atomic mass is 9.84. The number of hydrogen-bond acceptors (Lipinski definition) is 4. The van der Waals surface area contributed by atoms with Gasteiger partial charge in [0.2, 0.25) is 0 Å². The molecule has 0 saturated carbocycles. The van der Waals surface area contributed by atoms with Gasteiger partial charge in [0.25, 0.3) is 0 Å². The highest BCUT2D eigenvalue weighted by molar-refractivity contribution is 5.31. The molecule has 1 saturated heterocycles. The van der Waals surface area contributed by atoms with Crippen molar-refractivity contribution in [2.24, 2.45) is 0 Å². The first kappa shape index (κ1) is 12.8. The molecule has 2 heterocycles. The van der Waals surface area contributed by atoms with Crippen molar-refractivity contribution in [1.29, 1.82) is 0 Å². The van der Waals surface area contributed by atoms with Gasteiger partial charge in [0.05, 0.1) is 0 Å². The zero-order chi connectivity index (χ0) is 13.7. The highest BCUT2D eigenvalue weighted by Gasteiger charge is 2.66. The van der Waals surface area contributed by atoms with Crippen molar-refractivity contribution in [1.82, 2.24) is 10.1 Å². The van der Waals surface area contributed by atoms with Crippen molar-refractivity contribution in [2.45, 2.75) is 38.8 Å². The molecular formula is C12H16N3O3. The van der Waals surface area contributed by atoms with E-state index in [-0.39, 0.29) is 11.5 Å². The second-order valence-electron chi connectivity index (χ2n) is 5.44. The topological polar surface area (TPSA) is 69.5 Å². The molecule has 0 aliphatic carbocycles. The van der Waals surface area contributed by atoms with Gasteiger partial charge >= 0.3 is 5.82 Å². The summed E-state index contributed by atoms with van der Waals surface area (Å²) in [5.41, 5.74) is -1.75. The van der Waals surface area contributed by atoms with E-state index < -0.39 is 11.1 Å². The first-order valence-corrected chi connectivity index (χ1v) is 5.71. The minimum atomic E-state index is -0.910. The van der Waals surface area contributed by atoms with Gasteiger partial charge in [-0.2, -0.15) is 0 Å². The van der Waals surface area contributed by atoms with Crippen LogP contribution in [0, 0.1) is 10.1 Å². The average Bonchev–Trinajstić information content (AvgIpc) is 2.40. The van der Waals surface area contributed by atoms with Crippen LogP contribution in [0.3, 0.4) is 0 Å². The predicted molar refractivity (Wildman–Crippen MR) is 64.8 cm³/mol. The number of hydrogen-bond donors (Lipinski definition) is 0. The van der Waals surface area contributed by atoms with Gasteiger partial charge in [0.15, 0.2) is 11.1 Å². The fourth-order valence-electron chi connectivity index (χ4n) is 1.92. The Morgan fingerprint density at radius 3 is 2.28 bits per heavy atom. The van der Waals surface area contributed by atoms with E-state index in [1.54, 1.807) is 39.8 Å². The van der Waals surface area contributed by atoms with E-state index in [1.807, 2.05) is 0 Å². The third-order valence-corrected chi connectivity index (χ3v) is 3.95. The number of allylic oxidation sites excluding steroid dienone is 3. The van der Waals surface area contributed by atoms with E-state index in [0.29, 0.717) is 14.9 Å². The van der Waals surface area contributed by atoms with Gasteiger partial charge in [-0.05, 0) is 50.8 Å². The van der Waals surface area contributed by atoms with Crippen molar-refractivity contribution >= 4 is 0 Å². The summed E-state index contributed by atoms with van der Waals surface area (Å²) in [4.78, 5) is 12.3. The average molecular weight is 250 g/mol. The van der Waals surface area contributed by atoms with Crippen LogP contribution < -0.4 is 0 Å². The maximum atomic E-state index is 12.3. The van der Waals surface area contributed by atoms with Crippen LogP contribution in [-0.2, 0) is 5.21 Å². The molecule has 2 aliphatic rings. The Hall–Kier alpha value is -1.66. The van der Waals surface area contributed by atoms with Gasteiger partial charge in [-0.15, -0.1) is 0 Å². The SMILES string of the molecule is CC1(C)N([O])/C(=C2\C=CC=CN2[O-])[N+](=O)C1(C)C. The molecule has 0 aromatic rings. The minimum absolute atomic E-state index is 0.0705. The molecule has 6 nitrogen and oxygen atoms in total. The summed E-state index contributed by atoms with van der Waals surface area (Å²) >= 11 is 0. The summed E-state index contributed by atoms with van der Waals surface area (Å²) in [6.45, 7) is 6.76. The van der Waals surface area contributed by atoms with E-state index in [4.69, 9.17) is 0 Å². The molecule has 0 amide bonds. The van der Waals surface area contributed by atoms with E-state index in [1.165, 1.54) is 12.3 Å². The Labute approximate surface area is 106 Å². The molecule has 0 bridgehead atoms. The molecular weight excluding hydrogens is 234 g/mol. The number of nitrogens with zero attached hydrogens (tertiary/aromatic N) is 3.